The summed E-state index contributed by atoms with van der Waals surface area (Å²) in [6.45, 7) is 3.55. The predicted molar refractivity (Wildman–Crippen MR) is 41.1 cm³/mol. The van der Waals surface area contributed by atoms with Gasteiger partial charge < -0.3 is 10.6 Å². The maximum Gasteiger partial charge on any atom is 0.472 e. The van der Waals surface area contributed by atoms with Gasteiger partial charge in [0.25, 0.3) is 0 Å². The maximum absolute atomic E-state index is 10.8. The summed E-state index contributed by atoms with van der Waals surface area (Å²) in [7, 11) is -3.85. The van der Waals surface area contributed by atoms with Crippen LogP contribution in [0.3, 0.4) is 0 Å². The molecule has 0 aliphatic heterocycles. The van der Waals surface area contributed by atoms with Crippen molar-refractivity contribution in [3.63, 3.8) is 0 Å². The van der Waals surface area contributed by atoms with Gasteiger partial charge in [0.15, 0.2) is 0 Å². The summed E-state index contributed by atoms with van der Waals surface area (Å²) in [6, 6.07) is 0. The number of hydrogen-bond acceptors (Lipinski definition) is 4. The van der Waals surface area contributed by atoms with E-state index in [1.54, 1.807) is 13.8 Å². The Morgan fingerprint density at radius 3 is 2.64 bits per heavy atom. The molecule has 0 fully saturated rings. The molecule has 68 valence electrons. The van der Waals surface area contributed by atoms with E-state index in [1.807, 2.05) is 0 Å². The monoisotopic (exact) mass is 183 g/mol. The van der Waals surface area contributed by atoms with Crippen molar-refractivity contribution < 1.29 is 18.5 Å². The second-order valence-electron chi connectivity index (χ2n) is 2.04. The molecule has 3 N–H and O–H groups in total. The van der Waals surface area contributed by atoms with Crippen LogP contribution in [0.15, 0.2) is 0 Å². The average Bonchev–Trinajstić information content (AvgIpc) is 1.86. The molecule has 0 aromatic carbocycles. The molecule has 0 saturated carbocycles. The minimum atomic E-state index is -3.85. The van der Waals surface area contributed by atoms with Gasteiger partial charge in [-0.15, -0.1) is 0 Å². The normalized spacial score (nSPS) is 19.3. The fourth-order valence-electron chi connectivity index (χ4n) is 0.464. The van der Waals surface area contributed by atoms with Gasteiger partial charge in [0, 0.05) is 6.54 Å². The Morgan fingerprint density at radius 1 is 1.73 bits per heavy atom. The van der Waals surface area contributed by atoms with Gasteiger partial charge in [-0.1, -0.05) is 0 Å². The van der Waals surface area contributed by atoms with E-state index in [0.717, 1.165) is 0 Å². The first kappa shape index (κ1) is 11.1. The first-order valence-electron chi connectivity index (χ1n) is 3.37. The quantitative estimate of drug-likeness (QED) is 0.606. The Kier molecular flexibility index (Phi) is 4.88. The fourth-order valence-corrected chi connectivity index (χ4v) is 1.39. The van der Waals surface area contributed by atoms with E-state index < -0.39 is 13.9 Å². The van der Waals surface area contributed by atoms with E-state index in [2.05, 4.69) is 9.05 Å². The lowest BCUT2D eigenvalue weighted by Crippen LogP contribution is -2.19. The second-order valence-corrected chi connectivity index (χ2v) is 3.44. The van der Waals surface area contributed by atoms with Gasteiger partial charge in [0.05, 0.1) is 12.7 Å². The highest BCUT2D eigenvalue weighted by atomic mass is 31.2. The van der Waals surface area contributed by atoms with E-state index >= 15 is 0 Å². The third kappa shape index (κ3) is 5.35. The highest BCUT2D eigenvalue weighted by Crippen LogP contribution is 2.43. The van der Waals surface area contributed by atoms with Crippen LogP contribution >= 0.6 is 7.82 Å². The molecule has 0 bridgehead atoms. The standard InChI is InChI=1S/C5H14NO4P/c1-3-9-11(7,8)10-5(2)4-6/h5H,3-4,6H2,1-2H3,(H,7,8). The van der Waals surface area contributed by atoms with Gasteiger partial charge in [-0.05, 0) is 13.8 Å². The third-order valence-electron chi connectivity index (χ3n) is 0.937. The summed E-state index contributed by atoms with van der Waals surface area (Å²) in [6.07, 6.45) is -0.461. The lowest BCUT2D eigenvalue weighted by atomic mass is 10.4. The fraction of sp³-hybridized carbons (Fsp3) is 1.00. The van der Waals surface area contributed by atoms with Crippen molar-refractivity contribution in [2.75, 3.05) is 13.2 Å². The van der Waals surface area contributed by atoms with Crippen molar-refractivity contribution in [2.24, 2.45) is 5.73 Å². The highest BCUT2D eigenvalue weighted by molar-refractivity contribution is 7.47. The molecule has 0 aromatic rings. The number of rotatable bonds is 5. The van der Waals surface area contributed by atoms with Gasteiger partial charge in [-0.2, -0.15) is 0 Å². The van der Waals surface area contributed by atoms with Crippen LogP contribution in [0.1, 0.15) is 13.8 Å². The first-order chi connectivity index (χ1) is 5.02. The third-order valence-corrected chi connectivity index (χ3v) is 2.15. The molecule has 0 aliphatic rings. The SMILES string of the molecule is CCOP(=O)(O)OC(C)CN. The Morgan fingerprint density at radius 2 is 2.27 bits per heavy atom. The zero-order chi connectivity index (χ0) is 8.91. The molecule has 6 heteroatoms. The summed E-state index contributed by atoms with van der Waals surface area (Å²) < 4.78 is 19.9. The van der Waals surface area contributed by atoms with Crippen LogP contribution in [0.2, 0.25) is 0 Å². The van der Waals surface area contributed by atoms with E-state index in [-0.39, 0.29) is 13.2 Å². The Labute approximate surface area is 66.1 Å². The maximum atomic E-state index is 10.8. The van der Waals surface area contributed by atoms with Crippen LogP contribution in [0.5, 0.6) is 0 Å². The van der Waals surface area contributed by atoms with Crippen LogP contribution in [0.4, 0.5) is 0 Å². The molecule has 0 amide bonds. The molecule has 2 atom stereocenters. The van der Waals surface area contributed by atoms with Gasteiger partial charge in [-0.25, -0.2) is 4.57 Å². The van der Waals surface area contributed by atoms with Gasteiger partial charge in [-0.3, -0.25) is 9.05 Å². The van der Waals surface area contributed by atoms with E-state index in [0.29, 0.717) is 0 Å². The molecule has 0 saturated heterocycles. The molecule has 0 spiro atoms. The van der Waals surface area contributed by atoms with Crippen LogP contribution in [-0.4, -0.2) is 24.1 Å². The number of nitrogens with two attached hydrogens (primary N) is 1. The summed E-state index contributed by atoms with van der Waals surface area (Å²) >= 11 is 0. The molecule has 5 nitrogen and oxygen atoms in total. The Hall–Kier alpha value is 0.0700. The van der Waals surface area contributed by atoms with Crippen molar-refractivity contribution in [1.82, 2.24) is 0 Å². The van der Waals surface area contributed by atoms with Crippen LogP contribution in [0, 0.1) is 0 Å². The number of phosphoric acid groups is 1. The lowest BCUT2D eigenvalue weighted by Gasteiger charge is -2.14. The molecular formula is C5H14NO4P. The Bertz CT molecular complexity index is 151. The van der Waals surface area contributed by atoms with Gasteiger partial charge in [0.1, 0.15) is 0 Å². The van der Waals surface area contributed by atoms with E-state index in [4.69, 9.17) is 10.6 Å². The lowest BCUT2D eigenvalue weighted by molar-refractivity contribution is 0.120. The van der Waals surface area contributed by atoms with Crippen molar-refractivity contribution >= 4 is 7.82 Å². The predicted octanol–water partition coefficient (Wildman–Crippen LogP) is 0.487. The molecular weight excluding hydrogens is 169 g/mol. The average molecular weight is 183 g/mol. The van der Waals surface area contributed by atoms with Gasteiger partial charge >= 0.3 is 7.82 Å². The number of hydrogen-bond donors (Lipinski definition) is 2. The Balaban J connectivity index is 3.81. The van der Waals surface area contributed by atoms with Crippen molar-refractivity contribution in [3.8, 4) is 0 Å². The molecule has 0 aliphatic carbocycles. The molecule has 0 radical (unpaired) electrons. The summed E-state index contributed by atoms with van der Waals surface area (Å²) in [5.74, 6) is 0. The minimum Gasteiger partial charge on any atom is -0.328 e. The summed E-state index contributed by atoms with van der Waals surface area (Å²) in [5.41, 5.74) is 5.16. The minimum absolute atomic E-state index is 0.144. The molecule has 0 rings (SSSR count). The first-order valence-corrected chi connectivity index (χ1v) is 4.87. The molecule has 11 heavy (non-hydrogen) atoms. The summed E-state index contributed by atoms with van der Waals surface area (Å²) in [5, 5.41) is 0. The largest absolute Gasteiger partial charge is 0.472 e. The zero-order valence-electron chi connectivity index (χ0n) is 6.69. The van der Waals surface area contributed by atoms with Crippen molar-refractivity contribution in [3.05, 3.63) is 0 Å². The van der Waals surface area contributed by atoms with Crippen molar-refractivity contribution in [1.29, 1.82) is 0 Å². The number of phosphoric ester groups is 1. The van der Waals surface area contributed by atoms with Crippen LogP contribution in [0.25, 0.3) is 0 Å². The topological polar surface area (TPSA) is 81.8 Å². The smallest absolute Gasteiger partial charge is 0.328 e. The van der Waals surface area contributed by atoms with E-state index in [1.165, 1.54) is 0 Å². The van der Waals surface area contributed by atoms with E-state index in [9.17, 15) is 4.57 Å². The molecule has 2 unspecified atom stereocenters. The molecule has 0 heterocycles. The second kappa shape index (κ2) is 4.85. The highest BCUT2D eigenvalue weighted by Gasteiger charge is 2.22. The van der Waals surface area contributed by atoms with Gasteiger partial charge in [0.2, 0.25) is 0 Å². The summed E-state index contributed by atoms with van der Waals surface area (Å²) in [4.78, 5) is 8.87. The van der Waals surface area contributed by atoms with Crippen LogP contribution in [-0.2, 0) is 13.6 Å². The van der Waals surface area contributed by atoms with Crippen LogP contribution < -0.4 is 5.73 Å². The van der Waals surface area contributed by atoms with Crippen molar-refractivity contribution in [2.45, 2.75) is 20.0 Å². The molecule has 0 aromatic heterocycles. The zero-order valence-corrected chi connectivity index (χ0v) is 7.58.